The van der Waals surface area contributed by atoms with E-state index in [-0.39, 0.29) is 11.9 Å². The van der Waals surface area contributed by atoms with Crippen LogP contribution in [0.4, 0.5) is 21.7 Å². The number of benzene rings is 2. The average Bonchev–Trinajstić information content (AvgIpc) is 2.80. The number of rotatable bonds is 4. The van der Waals surface area contributed by atoms with Gasteiger partial charge >= 0.3 is 0 Å². The lowest BCUT2D eigenvalue weighted by Crippen LogP contribution is -2.55. The van der Waals surface area contributed by atoms with Crippen LogP contribution in [0.1, 0.15) is 17.5 Å². The van der Waals surface area contributed by atoms with Gasteiger partial charge in [-0.15, -0.1) is 0 Å². The van der Waals surface area contributed by atoms with Gasteiger partial charge in [-0.3, -0.25) is 4.90 Å². The van der Waals surface area contributed by atoms with Crippen molar-refractivity contribution < 1.29 is 9.50 Å². The molecule has 31 heavy (non-hydrogen) atoms. The highest BCUT2D eigenvalue weighted by Crippen LogP contribution is 2.28. The summed E-state index contributed by atoms with van der Waals surface area (Å²) in [6, 6.07) is 17.0. The topological polar surface area (TPSA) is 64.5 Å². The molecule has 2 aliphatic rings. The second kappa shape index (κ2) is 8.61. The predicted octanol–water partition coefficient (Wildman–Crippen LogP) is 3.36. The Kier molecular flexibility index (Phi) is 5.53. The zero-order valence-electron chi connectivity index (χ0n) is 17.3. The molecule has 0 radical (unpaired) electrons. The van der Waals surface area contributed by atoms with E-state index in [9.17, 15) is 9.50 Å². The zero-order valence-corrected chi connectivity index (χ0v) is 17.3. The Morgan fingerprint density at radius 1 is 1.00 bits per heavy atom. The van der Waals surface area contributed by atoms with Crippen molar-refractivity contribution in [2.24, 2.45) is 0 Å². The Morgan fingerprint density at radius 2 is 1.81 bits per heavy atom. The Hall–Kier alpha value is -3.03. The molecule has 0 bridgehead atoms. The van der Waals surface area contributed by atoms with E-state index in [1.165, 1.54) is 23.5 Å². The molecule has 2 atom stereocenters. The third kappa shape index (κ3) is 4.24. The molecule has 3 aromatic rings. The molecule has 1 fully saturated rings. The van der Waals surface area contributed by atoms with Crippen LogP contribution in [0.25, 0.3) is 0 Å². The molecule has 0 saturated carbocycles. The lowest BCUT2D eigenvalue weighted by atomic mass is 9.94. The van der Waals surface area contributed by atoms with Gasteiger partial charge in [-0.1, -0.05) is 36.4 Å². The van der Waals surface area contributed by atoms with Crippen LogP contribution < -0.4 is 10.2 Å². The number of para-hydroxylation sites is 1. The molecule has 160 valence electrons. The standard InChI is InChI=1S/C24H26FN5O/c25-19-7-3-4-8-20(19)28-23-13-24(27-16-26-23)30-12-10-21(22(31)15-30)29-11-9-17-5-1-2-6-18(17)14-29/h1-8,13,16,21-22,31H,9-12,14-15H2,(H,26,27,28). The number of anilines is 3. The highest BCUT2D eigenvalue weighted by molar-refractivity contribution is 5.59. The number of β-amino-alcohol motifs (C(OH)–C–C–N with tert-alkyl or cyclic N) is 1. The minimum Gasteiger partial charge on any atom is -0.390 e. The van der Waals surface area contributed by atoms with E-state index >= 15 is 0 Å². The van der Waals surface area contributed by atoms with Crippen LogP contribution in [-0.2, 0) is 13.0 Å². The number of nitrogens with one attached hydrogen (secondary N) is 1. The number of hydrogen-bond donors (Lipinski definition) is 2. The summed E-state index contributed by atoms with van der Waals surface area (Å²) in [6.07, 6.45) is 2.90. The minimum atomic E-state index is -0.461. The third-order valence-corrected chi connectivity index (χ3v) is 6.29. The summed E-state index contributed by atoms with van der Waals surface area (Å²) >= 11 is 0. The molecule has 1 saturated heterocycles. The van der Waals surface area contributed by atoms with Gasteiger partial charge in [0.2, 0.25) is 0 Å². The quantitative estimate of drug-likeness (QED) is 0.676. The van der Waals surface area contributed by atoms with Crippen LogP contribution in [0, 0.1) is 5.82 Å². The molecule has 1 aromatic heterocycles. The molecule has 5 rings (SSSR count). The fourth-order valence-electron chi connectivity index (χ4n) is 4.64. The van der Waals surface area contributed by atoms with Gasteiger partial charge in [-0.25, -0.2) is 14.4 Å². The van der Waals surface area contributed by atoms with E-state index in [1.807, 2.05) is 0 Å². The maximum Gasteiger partial charge on any atom is 0.146 e. The summed E-state index contributed by atoms with van der Waals surface area (Å²) in [5.74, 6) is 0.927. The number of nitrogens with zero attached hydrogens (tertiary/aromatic N) is 4. The smallest absolute Gasteiger partial charge is 0.146 e. The van der Waals surface area contributed by atoms with E-state index in [4.69, 9.17) is 0 Å². The molecule has 2 N–H and O–H groups in total. The van der Waals surface area contributed by atoms with E-state index < -0.39 is 6.10 Å². The molecule has 2 aromatic carbocycles. The predicted molar refractivity (Wildman–Crippen MR) is 119 cm³/mol. The van der Waals surface area contributed by atoms with Gasteiger partial charge in [-0.05, 0) is 36.1 Å². The van der Waals surface area contributed by atoms with Crippen molar-refractivity contribution in [3.8, 4) is 0 Å². The Labute approximate surface area is 181 Å². The van der Waals surface area contributed by atoms with Crippen LogP contribution >= 0.6 is 0 Å². The van der Waals surface area contributed by atoms with Crippen molar-refractivity contribution in [3.63, 3.8) is 0 Å². The second-order valence-electron chi connectivity index (χ2n) is 8.22. The van der Waals surface area contributed by atoms with E-state index in [0.29, 0.717) is 18.1 Å². The van der Waals surface area contributed by atoms with Crippen LogP contribution in [0.3, 0.4) is 0 Å². The molecule has 6 nitrogen and oxygen atoms in total. The average molecular weight is 420 g/mol. The molecule has 0 aliphatic carbocycles. The largest absolute Gasteiger partial charge is 0.390 e. The number of halogens is 1. The van der Waals surface area contributed by atoms with Crippen molar-refractivity contribution in [2.45, 2.75) is 31.5 Å². The summed E-state index contributed by atoms with van der Waals surface area (Å²) in [6.45, 7) is 3.18. The molecule has 2 aliphatic heterocycles. The molecule has 0 spiro atoms. The van der Waals surface area contributed by atoms with E-state index in [1.54, 1.807) is 24.3 Å². The molecule has 7 heteroatoms. The van der Waals surface area contributed by atoms with E-state index in [2.05, 4.69) is 49.4 Å². The van der Waals surface area contributed by atoms with Crippen LogP contribution in [-0.4, -0.2) is 51.8 Å². The van der Waals surface area contributed by atoms with Gasteiger partial charge in [-0.2, -0.15) is 0 Å². The van der Waals surface area contributed by atoms with Gasteiger partial charge in [0, 0.05) is 38.3 Å². The number of piperidine rings is 1. The highest BCUT2D eigenvalue weighted by Gasteiger charge is 2.34. The molecule has 2 unspecified atom stereocenters. The zero-order chi connectivity index (χ0) is 21.2. The number of aliphatic hydroxyl groups is 1. The number of aromatic nitrogens is 2. The lowest BCUT2D eigenvalue weighted by Gasteiger charge is -2.43. The molecular formula is C24H26FN5O. The molecule has 0 amide bonds. The lowest BCUT2D eigenvalue weighted by molar-refractivity contribution is 0.0293. The first-order chi connectivity index (χ1) is 15.2. The number of hydrogen-bond acceptors (Lipinski definition) is 6. The van der Waals surface area contributed by atoms with Crippen LogP contribution in [0.15, 0.2) is 60.9 Å². The van der Waals surface area contributed by atoms with Crippen molar-refractivity contribution in [1.82, 2.24) is 14.9 Å². The normalized spacial score (nSPS) is 21.5. The van der Waals surface area contributed by atoms with Crippen molar-refractivity contribution in [3.05, 3.63) is 77.9 Å². The van der Waals surface area contributed by atoms with Crippen molar-refractivity contribution in [2.75, 3.05) is 29.9 Å². The Morgan fingerprint density at radius 3 is 2.65 bits per heavy atom. The monoisotopic (exact) mass is 419 g/mol. The summed E-state index contributed by atoms with van der Waals surface area (Å²) in [4.78, 5) is 13.1. The van der Waals surface area contributed by atoms with Crippen LogP contribution in [0.2, 0.25) is 0 Å². The Bertz CT molecular complexity index is 1060. The fraction of sp³-hybridized carbons (Fsp3) is 0.333. The minimum absolute atomic E-state index is 0.141. The SMILES string of the molecule is OC1CN(c2cc(Nc3ccccc3F)ncn2)CCC1N1CCc2ccccc2C1. The van der Waals surface area contributed by atoms with E-state index in [0.717, 1.165) is 38.3 Å². The Balaban J connectivity index is 1.25. The maximum absolute atomic E-state index is 13.9. The van der Waals surface area contributed by atoms with Crippen molar-refractivity contribution in [1.29, 1.82) is 0 Å². The number of aliphatic hydroxyl groups excluding tert-OH is 1. The number of fused-ring (bicyclic) bond motifs is 1. The van der Waals surface area contributed by atoms with Crippen molar-refractivity contribution >= 4 is 17.3 Å². The summed E-state index contributed by atoms with van der Waals surface area (Å²) in [7, 11) is 0. The van der Waals surface area contributed by atoms with Gasteiger partial charge in [0.15, 0.2) is 0 Å². The van der Waals surface area contributed by atoms with Gasteiger partial charge in [0.05, 0.1) is 11.8 Å². The summed E-state index contributed by atoms with van der Waals surface area (Å²) in [5, 5.41) is 14.0. The second-order valence-corrected chi connectivity index (χ2v) is 8.22. The maximum atomic E-state index is 13.9. The molecular weight excluding hydrogens is 393 g/mol. The molecule has 3 heterocycles. The summed E-state index contributed by atoms with van der Waals surface area (Å²) in [5.41, 5.74) is 3.15. The first-order valence-electron chi connectivity index (χ1n) is 10.7. The van der Waals surface area contributed by atoms with Gasteiger partial charge in [0.1, 0.15) is 23.8 Å². The highest BCUT2D eigenvalue weighted by atomic mass is 19.1. The fourth-order valence-corrected chi connectivity index (χ4v) is 4.64. The first-order valence-corrected chi connectivity index (χ1v) is 10.7. The van der Waals surface area contributed by atoms with Crippen LogP contribution in [0.5, 0.6) is 0 Å². The summed E-state index contributed by atoms with van der Waals surface area (Å²) < 4.78 is 13.9. The van der Waals surface area contributed by atoms with Gasteiger partial charge in [0.25, 0.3) is 0 Å². The van der Waals surface area contributed by atoms with Gasteiger partial charge < -0.3 is 15.3 Å². The first kappa shape index (κ1) is 19.9. The third-order valence-electron chi connectivity index (χ3n) is 6.29.